The van der Waals surface area contributed by atoms with Crippen LogP contribution in [0.4, 0.5) is 8.78 Å². The number of benzene rings is 1. The molecule has 4 nitrogen and oxygen atoms in total. The van der Waals surface area contributed by atoms with Crippen LogP contribution in [0.15, 0.2) is 23.1 Å². The Hall–Kier alpha value is -1.05. The standard InChI is InChI=1S/C14H18F2N2O2S/c1-10-8-17-7-3-4-11(17)9-18(10)21(19,20)14-12(15)5-2-6-13(14)16/h2,5-6,10-11H,3-4,7-9H2,1H3. The Morgan fingerprint density at radius 1 is 1.19 bits per heavy atom. The fourth-order valence-electron chi connectivity index (χ4n) is 3.34. The summed E-state index contributed by atoms with van der Waals surface area (Å²) in [6.45, 7) is 3.67. The second kappa shape index (κ2) is 5.30. The van der Waals surface area contributed by atoms with Crippen LogP contribution in [0, 0.1) is 11.6 Å². The van der Waals surface area contributed by atoms with E-state index in [4.69, 9.17) is 0 Å². The first-order valence-electron chi connectivity index (χ1n) is 7.11. The quantitative estimate of drug-likeness (QED) is 0.836. The zero-order valence-corrected chi connectivity index (χ0v) is 12.6. The van der Waals surface area contributed by atoms with E-state index in [2.05, 4.69) is 4.90 Å². The molecule has 116 valence electrons. The van der Waals surface area contributed by atoms with Crippen molar-refractivity contribution in [1.82, 2.24) is 9.21 Å². The number of hydrogen-bond acceptors (Lipinski definition) is 3. The maximum absolute atomic E-state index is 13.8. The molecule has 0 N–H and O–H groups in total. The molecule has 0 spiro atoms. The Labute approximate surface area is 123 Å². The van der Waals surface area contributed by atoms with E-state index in [9.17, 15) is 17.2 Å². The first-order chi connectivity index (χ1) is 9.91. The second-order valence-corrected chi connectivity index (χ2v) is 7.59. The van der Waals surface area contributed by atoms with Gasteiger partial charge in [0.2, 0.25) is 10.0 Å². The molecule has 2 unspecified atom stereocenters. The van der Waals surface area contributed by atoms with Crippen LogP contribution in [0.3, 0.4) is 0 Å². The molecule has 21 heavy (non-hydrogen) atoms. The van der Waals surface area contributed by atoms with E-state index in [1.165, 1.54) is 10.4 Å². The molecule has 2 atom stereocenters. The van der Waals surface area contributed by atoms with E-state index in [1.807, 2.05) is 0 Å². The number of halogens is 2. The first-order valence-corrected chi connectivity index (χ1v) is 8.55. The van der Waals surface area contributed by atoms with Crippen molar-refractivity contribution in [3.05, 3.63) is 29.8 Å². The molecule has 0 aliphatic carbocycles. The Bertz CT molecular complexity index is 630. The van der Waals surface area contributed by atoms with Crippen molar-refractivity contribution in [3.8, 4) is 0 Å². The van der Waals surface area contributed by atoms with E-state index in [1.54, 1.807) is 6.92 Å². The van der Waals surface area contributed by atoms with Crippen LogP contribution < -0.4 is 0 Å². The van der Waals surface area contributed by atoms with Gasteiger partial charge in [-0.1, -0.05) is 6.07 Å². The topological polar surface area (TPSA) is 40.6 Å². The van der Waals surface area contributed by atoms with Crippen molar-refractivity contribution in [2.75, 3.05) is 19.6 Å². The minimum Gasteiger partial charge on any atom is -0.297 e. The smallest absolute Gasteiger partial charge is 0.249 e. The van der Waals surface area contributed by atoms with Gasteiger partial charge in [0.05, 0.1) is 0 Å². The number of nitrogens with zero attached hydrogens (tertiary/aromatic N) is 2. The summed E-state index contributed by atoms with van der Waals surface area (Å²) in [5.41, 5.74) is 0. The van der Waals surface area contributed by atoms with Crippen LogP contribution in [0.25, 0.3) is 0 Å². The molecule has 2 saturated heterocycles. The average Bonchev–Trinajstić information content (AvgIpc) is 2.84. The lowest BCUT2D eigenvalue weighted by Gasteiger charge is -2.41. The molecule has 1 aromatic rings. The van der Waals surface area contributed by atoms with Gasteiger partial charge >= 0.3 is 0 Å². The summed E-state index contributed by atoms with van der Waals surface area (Å²) in [7, 11) is -4.15. The van der Waals surface area contributed by atoms with Crippen molar-refractivity contribution >= 4 is 10.0 Å². The molecule has 0 radical (unpaired) electrons. The second-order valence-electron chi connectivity index (χ2n) is 5.77. The zero-order valence-electron chi connectivity index (χ0n) is 11.8. The van der Waals surface area contributed by atoms with Crippen molar-refractivity contribution < 1.29 is 17.2 Å². The maximum atomic E-state index is 13.8. The lowest BCUT2D eigenvalue weighted by atomic mass is 10.1. The lowest BCUT2D eigenvalue weighted by molar-refractivity contribution is 0.116. The molecule has 7 heteroatoms. The molecule has 0 saturated carbocycles. The average molecular weight is 316 g/mol. The fourth-order valence-corrected chi connectivity index (χ4v) is 5.11. The van der Waals surface area contributed by atoms with Crippen LogP contribution in [0.1, 0.15) is 19.8 Å². The van der Waals surface area contributed by atoms with Crippen molar-refractivity contribution in [2.45, 2.75) is 36.7 Å². The zero-order chi connectivity index (χ0) is 15.2. The van der Waals surface area contributed by atoms with Crippen molar-refractivity contribution in [3.63, 3.8) is 0 Å². The predicted octanol–water partition coefficient (Wildman–Crippen LogP) is 1.82. The van der Waals surface area contributed by atoms with Crippen LogP contribution in [0.5, 0.6) is 0 Å². The Kier molecular flexibility index (Phi) is 3.75. The Morgan fingerprint density at radius 2 is 1.86 bits per heavy atom. The van der Waals surface area contributed by atoms with E-state index in [-0.39, 0.29) is 12.1 Å². The van der Waals surface area contributed by atoms with Crippen LogP contribution in [-0.4, -0.2) is 49.3 Å². The molecule has 2 heterocycles. The normalized spacial score (nSPS) is 27.8. The number of rotatable bonds is 2. The van der Waals surface area contributed by atoms with E-state index >= 15 is 0 Å². The summed E-state index contributed by atoms with van der Waals surface area (Å²) < 4.78 is 54.2. The highest BCUT2D eigenvalue weighted by Gasteiger charge is 2.42. The molecule has 2 fully saturated rings. The summed E-state index contributed by atoms with van der Waals surface area (Å²) in [6, 6.07) is 3.00. The van der Waals surface area contributed by atoms with Crippen LogP contribution in [0.2, 0.25) is 0 Å². The number of sulfonamides is 1. The first kappa shape index (κ1) is 14.9. The van der Waals surface area contributed by atoms with Gasteiger partial charge in [-0.2, -0.15) is 4.31 Å². The Balaban J connectivity index is 1.98. The SMILES string of the molecule is CC1CN2CCCC2CN1S(=O)(=O)c1c(F)cccc1F. The summed E-state index contributed by atoms with van der Waals surface area (Å²) >= 11 is 0. The number of piperazine rings is 1. The van der Waals surface area contributed by atoms with Gasteiger partial charge in [-0.15, -0.1) is 0 Å². The highest BCUT2D eigenvalue weighted by atomic mass is 32.2. The van der Waals surface area contributed by atoms with Gasteiger partial charge in [-0.3, -0.25) is 4.90 Å². The maximum Gasteiger partial charge on any atom is 0.249 e. The van der Waals surface area contributed by atoms with E-state index in [0.717, 1.165) is 31.5 Å². The van der Waals surface area contributed by atoms with Crippen molar-refractivity contribution in [2.24, 2.45) is 0 Å². The van der Waals surface area contributed by atoms with Gasteiger partial charge < -0.3 is 0 Å². The third-order valence-corrected chi connectivity index (χ3v) is 6.40. The summed E-state index contributed by atoms with van der Waals surface area (Å²) in [6.07, 6.45) is 1.97. The monoisotopic (exact) mass is 316 g/mol. The molecule has 0 aromatic heterocycles. The third kappa shape index (κ3) is 2.47. The minimum atomic E-state index is -4.15. The lowest BCUT2D eigenvalue weighted by Crippen LogP contribution is -2.56. The highest BCUT2D eigenvalue weighted by Crippen LogP contribution is 2.30. The predicted molar refractivity (Wildman–Crippen MR) is 74.3 cm³/mol. The third-order valence-electron chi connectivity index (χ3n) is 4.37. The molecular weight excluding hydrogens is 298 g/mol. The highest BCUT2D eigenvalue weighted by molar-refractivity contribution is 7.89. The molecule has 2 aliphatic rings. The molecule has 0 amide bonds. The summed E-state index contributed by atoms with van der Waals surface area (Å²) in [5.74, 6) is -2.06. The van der Waals surface area contributed by atoms with Gasteiger partial charge in [0, 0.05) is 25.2 Å². The van der Waals surface area contributed by atoms with E-state index in [0.29, 0.717) is 13.1 Å². The molecule has 1 aromatic carbocycles. The van der Waals surface area contributed by atoms with Crippen LogP contribution >= 0.6 is 0 Å². The Morgan fingerprint density at radius 3 is 2.52 bits per heavy atom. The molecule has 3 rings (SSSR count). The van der Waals surface area contributed by atoms with Crippen LogP contribution in [-0.2, 0) is 10.0 Å². The van der Waals surface area contributed by atoms with Gasteiger partial charge in [0.1, 0.15) is 11.6 Å². The minimum absolute atomic E-state index is 0.158. The molecule has 2 aliphatic heterocycles. The largest absolute Gasteiger partial charge is 0.297 e. The van der Waals surface area contributed by atoms with Gasteiger partial charge in [0.25, 0.3) is 0 Å². The fraction of sp³-hybridized carbons (Fsp3) is 0.571. The van der Waals surface area contributed by atoms with Crippen molar-refractivity contribution in [1.29, 1.82) is 0 Å². The van der Waals surface area contributed by atoms with E-state index < -0.39 is 26.6 Å². The van der Waals surface area contributed by atoms with Gasteiger partial charge in [-0.05, 0) is 38.4 Å². The summed E-state index contributed by atoms with van der Waals surface area (Å²) in [4.78, 5) is 1.43. The number of hydrogen-bond donors (Lipinski definition) is 0. The van der Waals surface area contributed by atoms with Gasteiger partial charge in [0.15, 0.2) is 4.90 Å². The summed E-state index contributed by atoms with van der Waals surface area (Å²) in [5, 5.41) is 0. The van der Waals surface area contributed by atoms with Gasteiger partial charge in [-0.25, -0.2) is 17.2 Å². The molecule has 0 bridgehead atoms. The molecular formula is C14H18F2N2O2S. The number of fused-ring (bicyclic) bond motifs is 1.